The number of methoxy groups -OCH3 is 1. The Balaban J connectivity index is -0.000000122. The number of nitrogens with two attached hydrogens (primary N) is 1. The number of unbranched alkanes of at least 4 members (excludes halogenated alkanes) is 1. The molecular weight excluding hydrogens is 226 g/mol. The number of hydrogen-bond acceptors (Lipinski definition) is 2. The van der Waals surface area contributed by atoms with Gasteiger partial charge in [-0.15, -0.1) is 0 Å². The second kappa shape index (κ2) is 18.3. The Morgan fingerprint density at radius 1 is 1.06 bits per heavy atom. The van der Waals surface area contributed by atoms with Crippen molar-refractivity contribution < 1.29 is 11.6 Å². The summed E-state index contributed by atoms with van der Waals surface area (Å²) >= 11 is 0. The van der Waals surface area contributed by atoms with E-state index >= 15 is 0 Å². The van der Waals surface area contributed by atoms with Crippen molar-refractivity contribution in [1.82, 2.24) is 0 Å². The fourth-order valence-electron chi connectivity index (χ4n) is 1.07. The summed E-state index contributed by atoms with van der Waals surface area (Å²) in [7, 11) is 3.25. The molecule has 4 N–H and O–H groups in total. The first-order valence-electron chi connectivity index (χ1n) is 6.40. The maximum Gasteiger partial charge on any atom is 0.0351 e. The van der Waals surface area contributed by atoms with Crippen LogP contribution in [-0.2, 0) is 11.2 Å². The molecule has 0 amide bonds. The molecule has 0 bridgehead atoms. The largest absolute Gasteiger partial charge is 0.412 e. The van der Waals surface area contributed by atoms with E-state index in [0.29, 0.717) is 0 Å². The Hall–Kier alpha value is -1.06. The number of rotatable bonds is 3. The quantitative estimate of drug-likeness (QED) is 0.841. The molecule has 1 aromatic rings. The van der Waals surface area contributed by atoms with Crippen LogP contribution in [0.1, 0.15) is 47.0 Å². The van der Waals surface area contributed by atoms with Crippen LogP contribution in [0.25, 0.3) is 0 Å². The van der Waals surface area contributed by atoms with E-state index in [1.54, 1.807) is 14.2 Å². The van der Waals surface area contributed by atoms with Crippen molar-refractivity contribution in [3.05, 3.63) is 29.8 Å². The second-order valence-electron chi connectivity index (χ2n) is 3.96. The summed E-state index contributed by atoms with van der Waals surface area (Å²) in [5.74, 6) is 0. The van der Waals surface area contributed by atoms with Crippen LogP contribution in [0.2, 0.25) is 0 Å². The van der Waals surface area contributed by atoms with E-state index in [-0.39, 0.29) is 6.90 Å². The van der Waals surface area contributed by atoms with Gasteiger partial charge in [-0.2, -0.15) is 0 Å². The van der Waals surface area contributed by atoms with Crippen molar-refractivity contribution in [2.45, 2.75) is 46.5 Å². The maximum absolute atomic E-state index is 5.56. The lowest BCUT2D eigenvalue weighted by Gasteiger charge is -1.99. The summed E-state index contributed by atoms with van der Waals surface area (Å²) in [5, 5.41) is 0. The van der Waals surface area contributed by atoms with Crippen molar-refractivity contribution in [3.63, 3.8) is 0 Å². The van der Waals surface area contributed by atoms with Crippen molar-refractivity contribution in [3.8, 4) is 0 Å². The first kappa shape index (κ1) is 22.1. The molecule has 0 atom stereocenters. The van der Waals surface area contributed by atoms with Gasteiger partial charge in [0, 0.05) is 21.3 Å². The van der Waals surface area contributed by atoms with Crippen molar-refractivity contribution >= 4 is 5.69 Å². The van der Waals surface area contributed by atoms with E-state index in [4.69, 9.17) is 5.73 Å². The average molecular weight is 259 g/mol. The molecule has 0 aliphatic rings. The van der Waals surface area contributed by atoms with E-state index in [2.05, 4.69) is 37.6 Å². The summed E-state index contributed by atoms with van der Waals surface area (Å²) in [6.07, 6.45) is 4.95. The molecule has 0 unspecified atom stereocenters. The molecule has 1 aromatic carbocycles. The number of nitrogen functional groups attached to an aromatic ring is 1. The molecule has 0 heterocycles. The number of anilines is 1. The van der Waals surface area contributed by atoms with Crippen molar-refractivity contribution in [2.75, 3.05) is 20.0 Å². The van der Waals surface area contributed by atoms with Crippen LogP contribution in [0.3, 0.4) is 0 Å². The molecule has 0 fully saturated rings. The highest BCUT2D eigenvalue weighted by molar-refractivity contribution is 5.39. The smallest absolute Gasteiger partial charge is 0.0351 e. The van der Waals surface area contributed by atoms with E-state index in [1.807, 2.05) is 12.1 Å². The van der Waals surface area contributed by atoms with Crippen LogP contribution in [-0.4, -0.2) is 19.7 Å². The van der Waals surface area contributed by atoms with Crippen LogP contribution in [0.5, 0.6) is 0 Å². The first-order valence-corrected chi connectivity index (χ1v) is 6.40. The zero-order chi connectivity index (χ0) is 13.5. The molecule has 18 heavy (non-hydrogen) atoms. The van der Waals surface area contributed by atoms with Gasteiger partial charge in [-0.25, -0.2) is 0 Å². The minimum absolute atomic E-state index is 0. The molecule has 1 rings (SSSR count). The van der Waals surface area contributed by atoms with Crippen LogP contribution in [0.15, 0.2) is 24.3 Å². The summed E-state index contributed by atoms with van der Waals surface area (Å²) in [6, 6.07) is 8.13. The number of aryl methyl sites for hydroxylation is 1. The molecule has 0 spiro atoms. The number of hydrogen-bond donors (Lipinski definition) is 1. The van der Waals surface area contributed by atoms with Crippen molar-refractivity contribution in [2.24, 2.45) is 0 Å². The number of benzene rings is 1. The van der Waals surface area contributed by atoms with E-state index in [9.17, 15) is 0 Å². The lowest BCUT2D eigenvalue weighted by atomic mass is 10.1. The van der Waals surface area contributed by atoms with Crippen molar-refractivity contribution in [1.29, 1.82) is 0 Å². The molecule has 0 aromatic heterocycles. The molecule has 0 saturated carbocycles. The van der Waals surface area contributed by atoms with Gasteiger partial charge in [0.1, 0.15) is 0 Å². The minimum atomic E-state index is 0. The third-order valence-electron chi connectivity index (χ3n) is 1.80. The van der Waals surface area contributed by atoms with Crippen LogP contribution in [0.4, 0.5) is 5.69 Å². The lowest BCUT2D eigenvalue weighted by molar-refractivity contribution is 0.277. The second-order valence-corrected chi connectivity index (χ2v) is 3.96. The molecule has 3 heteroatoms. The zero-order valence-electron chi connectivity index (χ0n) is 12.6. The molecule has 110 valence electrons. The van der Waals surface area contributed by atoms with Gasteiger partial charge < -0.3 is 15.9 Å². The van der Waals surface area contributed by atoms with Crippen LogP contribution >= 0.6 is 0 Å². The van der Waals surface area contributed by atoms with Gasteiger partial charge in [0.2, 0.25) is 0 Å². The average Bonchev–Trinajstić information content (AvgIpc) is 2.30. The van der Waals surface area contributed by atoms with Gasteiger partial charge >= 0.3 is 0 Å². The first-order chi connectivity index (χ1) is 8.15. The highest BCUT2D eigenvalue weighted by Gasteiger charge is 1.90. The van der Waals surface area contributed by atoms with Crippen LogP contribution in [0, 0.1) is 0 Å². The Bertz CT molecular complexity index is 238. The van der Waals surface area contributed by atoms with Gasteiger partial charge in [-0.3, -0.25) is 0 Å². The summed E-state index contributed by atoms with van der Waals surface area (Å²) < 4.78 is 4.25. The van der Waals surface area contributed by atoms with E-state index < -0.39 is 0 Å². The highest BCUT2D eigenvalue weighted by Crippen LogP contribution is 2.08. The molecule has 0 radical (unpaired) electrons. The normalized spacial score (nSPS) is 8.06. The van der Waals surface area contributed by atoms with Gasteiger partial charge in [-0.1, -0.05) is 45.7 Å². The topological polar surface area (TPSA) is 66.8 Å². The predicted molar refractivity (Wildman–Crippen MR) is 84.1 cm³/mol. The molecular formula is C15H33NO2. The zero-order valence-corrected chi connectivity index (χ0v) is 12.6. The molecule has 0 aliphatic heterocycles. The summed E-state index contributed by atoms with van der Waals surface area (Å²) in [4.78, 5) is 0. The highest BCUT2D eigenvalue weighted by atomic mass is 16.4. The van der Waals surface area contributed by atoms with Gasteiger partial charge in [0.25, 0.3) is 0 Å². The Morgan fingerprint density at radius 2 is 1.44 bits per heavy atom. The molecule has 3 nitrogen and oxygen atoms in total. The van der Waals surface area contributed by atoms with Gasteiger partial charge in [0.05, 0.1) is 0 Å². The fourth-order valence-corrected chi connectivity index (χ4v) is 1.07. The van der Waals surface area contributed by atoms with Gasteiger partial charge in [0.15, 0.2) is 0 Å². The third kappa shape index (κ3) is 17.3. The summed E-state index contributed by atoms with van der Waals surface area (Å²) in [5.41, 5.74) is 7.80. The van der Waals surface area contributed by atoms with E-state index in [0.717, 1.165) is 5.69 Å². The minimum Gasteiger partial charge on any atom is -0.412 e. The van der Waals surface area contributed by atoms with E-state index in [1.165, 1.54) is 31.2 Å². The van der Waals surface area contributed by atoms with Crippen LogP contribution < -0.4 is 5.73 Å². The Morgan fingerprint density at radius 3 is 1.78 bits per heavy atom. The SMILES string of the molecule is CCC.CCCCc1ccc(N)cc1.COC.O.[HH]. The molecule has 0 saturated heterocycles. The number of ether oxygens (including phenoxy) is 1. The maximum atomic E-state index is 5.56. The fraction of sp³-hybridized carbons (Fsp3) is 0.600. The predicted octanol–water partition coefficient (Wildman–Crippen LogP) is 3.71. The molecule has 0 aliphatic carbocycles. The Kier molecular flexibility index (Phi) is 22.5. The summed E-state index contributed by atoms with van der Waals surface area (Å²) in [6.45, 7) is 6.46. The van der Waals surface area contributed by atoms with Gasteiger partial charge in [-0.05, 0) is 30.5 Å². The Labute approximate surface area is 114 Å². The monoisotopic (exact) mass is 259 g/mol. The third-order valence-corrected chi connectivity index (χ3v) is 1.80. The standard InChI is InChI=1S/C10H15N.C3H8.C2H6O.H2O.H2/c1-2-3-4-9-5-7-10(11)8-6-9;2*1-3-2;;/h5-8H,2-4,11H2,1H3;3H2,1-2H3;1-2H3;1H2;1H. The lowest BCUT2D eigenvalue weighted by Crippen LogP contribution is -1.87.